The van der Waals surface area contributed by atoms with Crippen LogP contribution in [0.3, 0.4) is 0 Å². The number of benzene rings is 2. The largest absolute Gasteiger partial charge is 0.329 e. The molecule has 2 aromatic carbocycles. The lowest BCUT2D eigenvalue weighted by molar-refractivity contribution is -1.02. The first-order chi connectivity index (χ1) is 14.0. The van der Waals surface area contributed by atoms with E-state index in [1.54, 1.807) is 11.8 Å². The number of nitrogens with zero attached hydrogens (tertiary/aromatic N) is 1. The molecule has 6 heteroatoms. The maximum Gasteiger partial charge on any atom is 0.329 e. The van der Waals surface area contributed by atoms with Crippen molar-refractivity contribution in [2.45, 2.75) is 25.9 Å². The molecular formula is C23H30N4O2+2. The highest BCUT2D eigenvalue weighted by atomic mass is 16.2. The van der Waals surface area contributed by atoms with Crippen LogP contribution in [0.4, 0.5) is 4.79 Å². The summed E-state index contributed by atoms with van der Waals surface area (Å²) in [6.07, 6.45) is 0. The van der Waals surface area contributed by atoms with Gasteiger partial charge in [0.1, 0.15) is 38.3 Å². The van der Waals surface area contributed by atoms with Gasteiger partial charge in [0.15, 0.2) is 6.67 Å². The molecule has 6 nitrogen and oxygen atoms in total. The Morgan fingerprint density at radius 2 is 1.66 bits per heavy atom. The lowest BCUT2D eigenvalue weighted by Gasteiger charge is -2.31. The summed E-state index contributed by atoms with van der Waals surface area (Å²) in [5.41, 5.74) is 2.52. The quantitative estimate of drug-likeness (QED) is 0.610. The maximum atomic E-state index is 13.1. The molecule has 0 bridgehead atoms. The van der Waals surface area contributed by atoms with Crippen LogP contribution in [0.2, 0.25) is 0 Å². The van der Waals surface area contributed by atoms with E-state index in [4.69, 9.17) is 0 Å². The highest BCUT2D eigenvalue weighted by Gasteiger charge is 2.50. The third-order valence-electron chi connectivity index (χ3n) is 6.21. The number of aryl methyl sites for hydroxylation is 1. The van der Waals surface area contributed by atoms with Crippen molar-refractivity contribution in [3.8, 4) is 0 Å². The normalized spacial score (nSPS) is 27.2. The fraction of sp³-hybridized carbons (Fsp3) is 0.391. The number of quaternary nitrogens is 2. The van der Waals surface area contributed by atoms with Gasteiger partial charge in [-0.1, -0.05) is 60.2 Å². The summed E-state index contributed by atoms with van der Waals surface area (Å²) < 4.78 is 0. The zero-order valence-electron chi connectivity index (χ0n) is 17.2. The number of imide groups is 1. The minimum Gasteiger partial charge on any atom is -0.322 e. The van der Waals surface area contributed by atoms with Crippen molar-refractivity contribution in [3.63, 3.8) is 0 Å². The smallest absolute Gasteiger partial charge is 0.322 e. The summed E-state index contributed by atoms with van der Waals surface area (Å²) >= 11 is 0. The Hall–Kier alpha value is -2.70. The van der Waals surface area contributed by atoms with Crippen LogP contribution in [-0.4, -0.2) is 49.7 Å². The van der Waals surface area contributed by atoms with Gasteiger partial charge in [-0.15, -0.1) is 0 Å². The molecule has 2 aliphatic heterocycles. The van der Waals surface area contributed by atoms with Gasteiger partial charge in [0.25, 0.3) is 5.91 Å². The number of rotatable bonds is 5. The molecule has 0 radical (unpaired) electrons. The van der Waals surface area contributed by atoms with Gasteiger partial charge in [-0.05, 0) is 19.4 Å². The van der Waals surface area contributed by atoms with Crippen molar-refractivity contribution in [2.75, 3.05) is 32.8 Å². The molecule has 29 heavy (non-hydrogen) atoms. The predicted molar refractivity (Wildman–Crippen MR) is 110 cm³/mol. The van der Waals surface area contributed by atoms with Gasteiger partial charge in [0.05, 0.1) is 0 Å². The number of amides is 3. The van der Waals surface area contributed by atoms with Crippen molar-refractivity contribution in [3.05, 3.63) is 71.3 Å². The SMILES string of the molecule is Cc1cccc(C[NH+]2CC[NH+](CN3C(=O)N[C@](C)(c4ccccc4)C3=O)CC2)c1. The highest BCUT2D eigenvalue weighted by molar-refractivity contribution is 6.07. The second kappa shape index (κ2) is 7.97. The molecule has 0 unspecified atom stereocenters. The van der Waals surface area contributed by atoms with Crippen LogP contribution >= 0.6 is 0 Å². The van der Waals surface area contributed by atoms with Crippen LogP contribution in [0.25, 0.3) is 0 Å². The highest BCUT2D eigenvalue weighted by Crippen LogP contribution is 2.27. The fourth-order valence-corrected chi connectivity index (χ4v) is 4.43. The molecule has 0 saturated carbocycles. The summed E-state index contributed by atoms with van der Waals surface area (Å²) in [6.45, 7) is 9.39. The van der Waals surface area contributed by atoms with Gasteiger partial charge in [-0.2, -0.15) is 0 Å². The first kappa shape index (κ1) is 19.6. The molecule has 0 aliphatic carbocycles. The fourth-order valence-electron chi connectivity index (χ4n) is 4.43. The maximum absolute atomic E-state index is 13.1. The third kappa shape index (κ3) is 4.04. The van der Waals surface area contributed by atoms with Crippen LogP contribution in [-0.2, 0) is 16.9 Å². The molecule has 2 aromatic rings. The molecule has 4 rings (SSSR count). The monoisotopic (exact) mass is 394 g/mol. The Morgan fingerprint density at radius 1 is 0.966 bits per heavy atom. The van der Waals surface area contributed by atoms with E-state index in [0.29, 0.717) is 6.67 Å². The second-order valence-electron chi connectivity index (χ2n) is 8.48. The standard InChI is InChI=1S/C23H28N4O2/c1-18-7-6-8-19(15-18)16-25-11-13-26(14-12-25)17-27-21(28)23(2,24-22(27)29)20-9-4-3-5-10-20/h3-10,15H,11-14,16-17H2,1-2H3,(H,24,29)/p+2/t23-/m1/s1. The Labute approximate surface area is 172 Å². The van der Waals surface area contributed by atoms with Crippen molar-refractivity contribution >= 4 is 11.9 Å². The first-order valence-electron chi connectivity index (χ1n) is 10.4. The molecule has 2 aliphatic rings. The molecule has 1 atom stereocenters. The van der Waals surface area contributed by atoms with E-state index >= 15 is 0 Å². The van der Waals surface area contributed by atoms with E-state index in [9.17, 15) is 9.59 Å². The number of carbonyl (C=O) groups is 2. The average Bonchev–Trinajstić information content (AvgIpc) is 2.94. The summed E-state index contributed by atoms with van der Waals surface area (Å²) in [6, 6.07) is 17.9. The zero-order valence-corrected chi connectivity index (χ0v) is 17.2. The molecule has 3 amide bonds. The van der Waals surface area contributed by atoms with Crippen molar-refractivity contribution in [1.29, 1.82) is 0 Å². The topological polar surface area (TPSA) is 58.3 Å². The molecule has 2 saturated heterocycles. The Balaban J connectivity index is 1.35. The summed E-state index contributed by atoms with van der Waals surface area (Å²) in [5.74, 6) is -0.157. The first-order valence-corrected chi connectivity index (χ1v) is 10.4. The predicted octanol–water partition coefficient (Wildman–Crippen LogP) is -0.297. The van der Waals surface area contributed by atoms with Gasteiger partial charge in [0, 0.05) is 5.56 Å². The minimum atomic E-state index is -0.976. The summed E-state index contributed by atoms with van der Waals surface area (Å²) in [7, 11) is 0. The van der Waals surface area contributed by atoms with Gasteiger partial charge in [0.2, 0.25) is 0 Å². The van der Waals surface area contributed by atoms with Crippen LogP contribution < -0.4 is 15.1 Å². The van der Waals surface area contributed by atoms with E-state index in [0.717, 1.165) is 38.3 Å². The van der Waals surface area contributed by atoms with Gasteiger partial charge < -0.3 is 15.1 Å². The molecule has 2 fully saturated rings. The molecule has 152 valence electrons. The van der Waals surface area contributed by atoms with E-state index < -0.39 is 5.54 Å². The van der Waals surface area contributed by atoms with E-state index in [1.165, 1.54) is 20.9 Å². The number of hydrogen-bond acceptors (Lipinski definition) is 2. The molecule has 0 aromatic heterocycles. The summed E-state index contributed by atoms with van der Waals surface area (Å²) in [5, 5.41) is 2.90. The van der Waals surface area contributed by atoms with Crippen molar-refractivity contribution in [2.24, 2.45) is 0 Å². The van der Waals surface area contributed by atoms with Gasteiger partial charge >= 0.3 is 6.03 Å². The van der Waals surface area contributed by atoms with E-state index in [1.807, 2.05) is 30.3 Å². The van der Waals surface area contributed by atoms with Crippen LogP contribution in [0.5, 0.6) is 0 Å². The second-order valence-corrected chi connectivity index (χ2v) is 8.48. The summed E-state index contributed by atoms with van der Waals surface area (Å²) in [4.78, 5) is 29.9. The third-order valence-corrected chi connectivity index (χ3v) is 6.21. The lowest BCUT2D eigenvalue weighted by Crippen LogP contribution is -3.28. The van der Waals surface area contributed by atoms with Crippen molar-refractivity contribution < 1.29 is 19.4 Å². The Bertz CT molecular complexity index is 893. The molecular weight excluding hydrogens is 364 g/mol. The van der Waals surface area contributed by atoms with Crippen LogP contribution in [0, 0.1) is 6.92 Å². The molecule has 3 N–H and O–H groups in total. The number of urea groups is 1. The molecule has 0 spiro atoms. The van der Waals surface area contributed by atoms with Crippen molar-refractivity contribution in [1.82, 2.24) is 10.2 Å². The van der Waals surface area contributed by atoms with Crippen LogP contribution in [0.15, 0.2) is 54.6 Å². The van der Waals surface area contributed by atoms with E-state index in [2.05, 4.69) is 36.5 Å². The van der Waals surface area contributed by atoms with Crippen LogP contribution in [0.1, 0.15) is 23.6 Å². The van der Waals surface area contributed by atoms with Gasteiger partial charge in [-0.3, -0.25) is 4.79 Å². The number of nitrogens with one attached hydrogen (secondary N) is 3. The molecule has 2 heterocycles. The lowest BCUT2D eigenvalue weighted by atomic mass is 9.92. The minimum absolute atomic E-state index is 0.157. The van der Waals surface area contributed by atoms with E-state index in [-0.39, 0.29) is 11.9 Å². The number of carbonyl (C=O) groups excluding carboxylic acids is 2. The Kier molecular flexibility index (Phi) is 5.39. The Morgan fingerprint density at radius 3 is 2.34 bits per heavy atom. The number of piperazine rings is 1. The number of hydrogen-bond donors (Lipinski definition) is 3. The zero-order chi connectivity index (χ0) is 20.4. The average molecular weight is 395 g/mol. The van der Waals surface area contributed by atoms with Gasteiger partial charge in [-0.25, -0.2) is 9.69 Å².